The Morgan fingerprint density at radius 3 is 2.65 bits per heavy atom. The summed E-state index contributed by atoms with van der Waals surface area (Å²) in [5.74, 6) is 0.419. The molecule has 0 aliphatic rings. The Bertz CT molecular complexity index is 519. The molecule has 5 heteroatoms. The molecule has 0 unspecified atom stereocenters. The normalized spacial score (nSPS) is 10.2. The molecule has 1 aromatic heterocycles. The zero-order valence-corrected chi connectivity index (χ0v) is 11.2. The molecular formula is C12H9BrN2OS. The van der Waals surface area contributed by atoms with Crippen molar-refractivity contribution in [1.82, 2.24) is 9.97 Å². The van der Waals surface area contributed by atoms with Gasteiger partial charge in [0.2, 0.25) is 0 Å². The summed E-state index contributed by atoms with van der Waals surface area (Å²) in [6.07, 6.45) is 4.49. The third-order valence-corrected chi connectivity index (χ3v) is 4.11. The monoisotopic (exact) mass is 308 g/mol. The molecule has 0 aliphatic carbocycles. The Labute approximate surface area is 112 Å². The summed E-state index contributed by atoms with van der Waals surface area (Å²) in [7, 11) is 0. The van der Waals surface area contributed by atoms with E-state index >= 15 is 0 Å². The van der Waals surface area contributed by atoms with Crippen LogP contribution in [0, 0.1) is 0 Å². The van der Waals surface area contributed by atoms with Crippen molar-refractivity contribution in [1.29, 1.82) is 0 Å². The van der Waals surface area contributed by atoms with Crippen molar-refractivity contribution in [2.24, 2.45) is 0 Å². The summed E-state index contributed by atoms with van der Waals surface area (Å²) >= 11 is 4.94. The van der Waals surface area contributed by atoms with Crippen LogP contribution in [0.25, 0.3) is 0 Å². The van der Waals surface area contributed by atoms with E-state index in [4.69, 9.17) is 0 Å². The van der Waals surface area contributed by atoms with Gasteiger partial charge < -0.3 is 0 Å². The van der Waals surface area contributed by atoms with Crippen LogP contribution in [0.1, 0.15) is 10.4 Å². The zero-order chi connectivity index (χ0) is 12.1. The first-order valence-corrected chi connectivity index (χ1v) is 6.71. The lowest BCUT2D eigenvalue weighted by molar-refractivity contribution is 0.102. The summed E-state index contributed by atoms with van der Waals surface area (Å²) in [6, 6.07) is 7.83. The van der Waals surface area contributed by atoms with E-state index in [1.807, 2.05) is 24.3 Å². The van der Waals surface area contributed by atoms with Crippen LogP contribution in [0.4, 0.5) is 0 Å². The summed E-state index contributed by atoms with van der Waals surface area (Å²) in [5, 5.41) is 0. The summed E-state index contributed by atoms with van der Waals surface area (Å²) in [4.78, 5) is 20.5. The van der Waals surface area contributed by atoms with Gasteiger partial charge in [0.15, 0.2) is 5.78 Å². The predicted molar refractivity (Wildman–Crippen MR) is 71.2 cm³/mol. The highest BCUT2D eigenvalue weighted by atomic mass is 79.9. The molecule has 0 amide bonds. The average Bonchev–Trinajstić information content (AvgIpc) is 2.38. The van der Waals surface area contributed by atoms with Crippen LogP contribution in [0.5, 0.6) is 0 Å². The Morgan fingerprint density at radius 1 is 1.24 bits per heavy atom. The number of halogens is 1. The fourth-order valence-corrected chi connectivity index (χ4v) is 2.69. The highest BCUT2D eigenvalue weighted by Gasteiger charge is 2.08. The Morgan fingerprint density at radius 2 is 1.94 bits per heavy atom. The van der Waals surface area contributed by atoms with E-state index in [-0.39, 0.29) is 5.78 Å². The van der Waals surface area contributed by atoms with Crippen molar-refractivity contribution >= 4 is 33.5 Å². The van der Waals surface area contributed by atoms with Crippen LogP contribution < -0.4 is 0 Å². The molecule has 1 aromatic carbocycles. The number of aromatic nitrogens is 2. The number of benzene rings is 1. The second-order valence-corrected chi connectivity index (χ2v) is 5.14. The maximum Gasteiger partial charge on any atom is 0.176 e. The first-order valence-electron chi connectivity index (χ1n) is 4.93. The minimum Gasteiger partial charge on any atom is -0.293 e. The molecule has 2 aromatic rings. The first-order chi connectivity index (χ1) is 8.27. The van der Waals surface area contributed by atoms with Crippen LogP contribution in [0.3, 0.4) is 0 Å². The Hall–Kier alpha value is -1.20. The van der Waals surface area contributed by atoms with E-state index in [0.717, 1.165) is 9.37 Å². The molecule has 0 bridgehead atoms. The molecule has 0 saturated heterocycles. The number of carbonyl (C=O) groups is 1. The number of carbonyl (C=O) groups excluding carboxylic acids is 1. The molecule has 2 rings (SSSR count). The quantitative estimate of drug-likeness (QED) is 0.642. The third kappa shape index (κ3) is 3.38. The van der Waals surface area contributed by atoms with Gasteiger partial charge in [-0.3, -0.25) is 4.79 Å². The van der Waals surface area contributed by atoms with Gasteiger partial charge in [0.05, 0.1) is 11.3 Å². The van der Waals surface area contributed by atoms with E-state index in [1.54, 1.807) is 0 Å². The van der Waals surface area contributed by atoms with Gasteiger partial charge in [0.1, 0.15) is 6.33 Å². The summed E-state index contributed by atoms with van der Waals surface area (Å²) in [6.45, 7) is 0. The van der Waals surface area contributed by atoms with E-state index < -0.39 is 0 Å². The lowest BCUT2D eigenvalue weighted by atomic mass is 10.2. The number of hydrogen-bond donors (Lipinski definition) is 0. The van der Waals surface area contributed by atoms with Crippen LogP contribution in [0.15, 0.2) is 52.4 Å². The molecular weight excluding hydrogens is 300 g/mol. The second kappa shape index (κ2) is 5.93. The van der Waals surface area contributed by atoms with Crippen molar-refractivity contribution < 1.29 is 4.79 Å². The Kier molecular flexibility index (Phi) is 4.28. The van der Waals surface area contributed by atoms with Crippen LogP contribution in [0.2, 0.25) is 0 Å². The topological polar surface area (TPSA) is 42.9 Å². The molecule has 17 heavy (non-hydrogen) atoms. The van der Waals surface area contributed by atoms with Crippen molar-refractivity contribution in [2.45, 2.75) is 4.90 Å². The van der Waals surface area contributed by atoms with E-state index in [1.165, 1.54) is 30.5 Å². The van der Waals surface area contributed by atoms with Crippen LogP contribution in [-0.4, -0.2) is 21.5 Å². The predicted octanol–water partition coefficient (Wildman–Crippen LogP) is 3.21. The van der Waals surface area contributed by atoms with Crippen molar-refractivity contribution in [3.05, 3.63) is 53.0 Å². The van der Waals surface area contributed by atoms with Crippen molar-refractivity contribution in [3.8, 4) is 0 Å². The molecule has 0 N–H and O–H groups in total. The first kappa shape index (κ1) is 12.3. The molecule has 0 atom stereocenters. The highest BCUT2D eigenvalue weighted by molar-refractivity contribution is 9.10. The number of Topliss-reactive ketones (excluding diaryl/α,β-unsaturated/α-hetero) is 1. The van der Waals surface area contributed by atoms with Gasteiger partial charge in [0.25, 0.3) is 0 Å². The number of thioether (sulfide) groups is 1. The van der Waals surface area contributed by atoms with E-state index in [9.17, 15) is 4.79 Å². The molecule has 0 spiro atoms. The van der Waals surface area contributed by atoms with Gasteiger partial charge in [-0.1, -0.05) is 12.1 Å². The fourth-order valence-electron chi connectivity index (χ4n) is 1.23. The van der Waals surface area contributed by atoms with Gasteiger partial charge in [-0.25, -0.2) is 9.97 Å². The molecule has 1 heterocycles. The molecule has 0 aliphatic heterocycles. The number of ketones is 1. The van der Waals surface area contributed by atoms with Crippen LogP contribution in [-0.2, 0) is 0 Å². The van der Waals surface area contributed by atoms with Gasteiger partial charge in [-0.2, -0.15) is 0 Å². The zero-order valence-electron chi connectivity index (χ0n) is 8.84. The maximum atomic E-state index is 11.8. The SMILES string of the molecule is O=C(CSc1ccccc1Br)c1cncnc1. The van der Waals surface area contributed by atoms with Crippen LogP contribution >= 0.6 is 27.7 Å². The summed E-state index contributed by atoms with van der Waals surface area (Å²) in [5.41, 5.74) is 0.548. The second-order valence-electron chi connectivity index (χ2n) is 3.27. The van der Waals surface area contributed by atoms with Gasteiger partial charge in [-0.05, 0) is 28.1 Å². The van der Waals surface area contributed by atoms with Crippen molar-refractivity contribution in [3.63, 3.8) is 0 Å². The Balaban J connectivity index is 2.00. The number of hydrogen-bond acceptors (Lipinski definition) is 4. The fraction of sp³-hybridized carbons (Fsp3) is 0.0833. The maximum absolute atomic E-state index is 11.8. The summed E-state index contributed by atoms with van der Waals surface area (Å²) < 4.78 is 1.00. The lowest BCUT2D eigenvalue weighted by Crippen LogP contribution is -2.03. The largest absolute Gasteiger partial charge is 0.293 e. The third-order valence-electron chi connectivity index (χ3n) is 2.08. The number of nitrogens with zero attached hydrogens (tertiary/aromatic N) is 2. The minimum atomic E-state index is 0.0337. The average molecular weight is 309 g/mol. The molecule has 0 saturated carbocycles. The lowest BCUT2D eigenvalue weighted by Gasteiger charge is -2.03. The molecule has 0 fully saturated rings. The minimum absolute atomic E-state index is 0.0337. The van der Waals surface area contributed by atoms with E-state index in [2.05, 4.69) is 25.9 Å². The number of rotatable bonds is 4. The molecule has 0 radical (unpaired) electrons. The van der Waals surface area contributed by atoms with Gasteiger partial charge in [-0.15, -0.1) is 11.8 Å². The standard InChI is InChI=1S/C12H9BrN2OS/c13-10-3-1-2-4-12(10)17-7-11(16)9-5-14-8-15-6-9/h1-6,8H,7H2. The molecule has 86 valence electrons. The van der Waals surface area contributed by atoms with Crippen molar-refractivity contribution in [2.75, 3.05) is 5.75 Å². The molecule has 3 nitrogen and oxygen atoms in total. The van der Waals surface area contributed by atoms with E-state index in [0.29, 0.717) is 11.3 Å². The van der Waals surface area contributed by atoms with Gasteiger partial charge in [0, 0.05) is 21.8 Å². The van der Waals surface area contributed by atoms with Gasteiger partial charge >= 0.3 is 0 Å². The highest BCUT2D eigenvalue weighted by Crippen LogP contribution is 2.27. The smallest absolute Gasteiger partial charge is 0.176 e.